The normalized spacial score (nSPS) is 10.2. The zero-order chi connectivity index (χ0) is 16.3. The van der Waals surface area contributed by atoms with Crippen molar-refractivity contribution in [2.45, 2.75) is 13.8 Å². The highest BCUT2D eigenvalue weighted by Crippen LogP contribution is 2.19. The molecule has 0 spiro atoms. The summed E-state index contributed by atoms with van der Waals surface area (Å²) < 4.78 is 18.3. The van der Waals surface area contributed by atoms with E-state index < -0.39 is 5.82 Å². The Morgan fingerprint density at radius 1 is 1.27 bits per heavy atom. The lowest BCUT2D eigenvalue weighted by Gasteiger charge is -2.11. The summed E-state index contributed by atoms with van der Waals surface area (Å²) in [6.45, 7) is 3.45. The highest BCUT2D eigenvalue weighted by atomic mass is 35.5. The molecule has 116 valence electrons. The summed E-state index contributed by atoms with van der Waals surface area (Å²) in [5.41, 5.74) is 5.89. The summed E-state index contributed by atoms with van der Waals surface area (Å²) >= 11 is 10.7. The number of halogens is 2. The van der Waals surface area contributed by atoms with Crippen LogP contribution >= 0.6 is 23.8 Å². The molecule has 0 aliphatic heterocycles. The molecule has 0 aliphatic rings. The maximum atomic E-state index is 13.0. The van der Waals surface area contributed by atoms with Crippen LogP contribution in [-0.2, 0) is 0 Å². The summed E-state index contributed by atoms with van der Waals surface area (Å²) in [4.78, 5) is 11.9. The van der Waals surface area contributed by atoms with Gasteiger partial charge in [0.25, 0.3) is 5.91 Å². The number of hydrazine groups is 1. The molecule has 0 aliphatic carbocycles. The molecular weight excluding hydrogens is 329 g/mol. The molecule has 0 radical (unpaired) electrons. The zero-order valence-corrected chi connectivity index (χ0v) is 13.4. The molecule has 0 fully saturated rings. The van der Waals surface area contributed by atoms with E-state index in [1.54, 1.807) is 19.9 Å². The lowest BCUT2D eigenvalue weighted by molar-refractivity contribution is 0.0942. The van der Waals surface area contributed by atoms with E-state index in [1.165, 1.54) is 18.2 Å². The van der Waals surface area contributed by atoms with Crippen LogP contribution in [0.3, 0.4) is 0 Å². The van der Waals surface area contributed by atoms with Crippen molar-refractivity contribution in [2.75, 3.05) is 5.32 Å². The van der Waals surface area contributed by atoms with Gasteiger partial charge in [-0.25, -0.2) is 4.39 Å². The molecule has 2 rings (SSSR count). The number of carbonyl (C=O) groups is 1. The number of amides is 1. The Balaban J connectivity index is 1.91. The molecule has 1 heterocycles. The van der Waals surface area contributed by atoms with Crippen molar-refractivity contribution in [3.8, 4) is 0 Å². The van der Waals surface area contributed by atoms with E-state index in [-0.39, 0.29) is 16.0 Å². The third-order valence-electron chi connectivity index (χ3n) is 2.75. The molecule has 0 atom stereocenters. The molecule has 1 amide bonds. The monoisotopic (exact) mass is 341 g/mol. The molecule has 2 aromatic rings. The van der Waals surface area contributed by atoms with Gasteiger partial charge in [0, 0.05) is 5.69 Å². The number of hydrogen-bond donors (Lipinski definition) is 3. The van der Waals surface area contributed by atoms with Crippen LogP contribution in [0.5, 0.6) is 0 Å². The smallest absolute Gasteiger partial charge is 0.273 e. The lowest BCUT2D eigenvalue weighted by atomic mass is 10.2. The second-order valence-electron chi connectivity index (χ2n) is 4.49. The van der Waals surface area contributed by atoms with Crippen LogP contribution < -0.4 is 16.2 Å². The summed E-state index contributed by atoms with van der Waals surface area (Å²) in [7, 11) is 0. The molecule has 0 saturated carbocycles. The van der Waals surface area contributed by atoms with Crippen molar-refractivity contribution in [2.24, 2.45) is 0 Å². The third-order valence-corrected chi connectivity index (χ3v) is 3.25. The van der Waals surface area contributed by atoms with Gasteiger partial charge in [0.05, 0.1) is 10.6 Å². The molecule has 0 saturated heterocycles. The number of anilines is 1. The van der Waals surface area contributed by atoms with E-state index in [2.05, 4.69) is 16.2 Å². The highest BCUT2D eigenvalue weighted by molar-refractivity contribution is 7.80. The maximum absolute atomic E-state index is 13.0. The van der Waals surface area contributed by atoms with E-state index >= 15 is 0 Å². The van der Waals surface area contributed by atoms with Crippen LogP contribution in [0.4, 0.5) is 10.1 Å². The van der Waals surface area contributed by atoms with Gasteiger partial charge in [-0.2, -0.15) is 0 Å². The first-order valence-corrected chi connectivity index (χ1v) is 7.05. The number of thiocarbonyl (C=S) groups is 1. The van der Waals surface area contributed by atoms with Crippen molar-refractivity contribution in [3.05, 3.63) is 52.2 Å². The first-order chi connectivity index (χ1) is 10.4. The molecular formula is C14H13ClFN3O2S. The van der Waals surface area contributed by atoms with Crippen molar-refractivity contribution < 1.29 is 13.6 Å². The Morgan fingerprint density at radius 2 is 2.00 bits per heavy atom. The molecule has 8 heteroatoms. The van der Waals surface area contributed by atoms with Gasteiger partial charge in [0.15, 0.2) is 5.11 Å². The van der Waals surface area contributed by atoms with E-state index in [0.29, 0.717) is 22.8 Å². The van der Waals surface area contributed by atoms with Crippen LogP contribution in [0.25, 0.3) is 0 Å². The van der Waals surface area contributed by atoms with E-state index in [9.17, 15) is 9.18 Å². The van der Waals surface area contributed by atoms with Crippen LogP contribution in [0, 0.1) is 19.7 Å². The van der Waals surface area contributed by atoms with Gasteiger partial charge in [-0.1, -0.05) is 11.6 Å². The van der Waals surface area contributed by atoms with E-state index in [0.717, 1.165) is 0 Å². The van der Waals surface area contributed by atoms with Gasteiger partial charge in [0.2, 0.25) is 0 Å². The van der Waals surface area contributed by atoms with Gasteiger partial charge in [0.1, 0.15) is 17.3 Å². The minimum Gasteiger partial charge on any atom is -0.466 e. The van der Waals surface area contributed by atoms with Gasteiger partial charge < -0.3 is 9.73 Å². The standard InChI is InChI=1S/C14H13ClFN3O2S/c1-7-5-10(8(2)21-7)13(20)18-19-14(22)17-9-3-4-12(16)11(15)6-9/h3-6H,1-2H3,(H,18,20)(H2,17,19,22). The number of carbonyl (C=O) groups excluding carboxylic acids is 1. The molecule has 1 aromatic carbocycles. The van der Waals surface area contributed by atoms with Gasteiger partial charge in [-0.3, -0.25) is 15.6 Å². The van der Waals surface area contributed by atoms with Crippen molar-refractivity contribution in [3.63, 3.8) is 0 Å². The van der Waals surface area contributed by atoms with E-state index in [4.69, 9.17) is 28.2 Å². The highest BCUT2D eigenvalue weighted by Gasteiger charge is 2.13. The second kappa shape index (κ2) is 6.76. The van der Waals surface area contributed by atoms with Gasteiger partial charge >= 0.3 is 0 Å². The molecule has 1 aromatic heterocycles. The maximum Gasteiger partial charge on any atom is 0.273 e. The average molecular weight is 342 g/mol. The van der Waals surface area contributed by atoms with Crippen LogP contribution in [0.15, 0.2) is 28.7 Å². The van der Waals surface area contributed by atoms with Crippen molar-refractivity contribution in [1.82, 2.24) is 10.9 Å². The lowest BCUT2D eigenvalue weighted by Crippen LogP contribution is -2.43. The average Bonchev–Trinajstić information content (AvgIpc) is 2.79. The zero-order valence-electron chi connectivity index (χ0n) is 11.8. The van der Waals surface area contributed by atoms with Crippen molar-refractivity contribution in [1.29, 1.82) is 0 Å². The number of benzene rings is 1. The fourth-order valence-electron chi connectivity index (χ4n) is 1.77. The third kappa shape index (κ3) is 3.96. The molecule has 3 N–H and O–H groups in total. The quantitative estimate of drug-likeness (QED) is 0.577. The van der Waals surface area contributed by atoms with Crippen LogP contribution in [0.1, 0.15) is 21.9 Å². The summed E-state index contributed by atoms with van der Waals surface area (Å²) in [5, 5.41) is 2.87. The van der Waals surface area contributed by atoms with Gasteiger partial charge in [-0.05, 0) is 50.3 Å². The number of furan rings is 1. The largest absolute Gasteiger partial charge is 0.466 e. The minimum absolute atomic E-state index is 0.0265. The van der Waals surface area contributed by atoms with Crippen LogP contribution in [-0.4, -0.2) is 11.0 Å². The number of rotatable bonds is 2. The summed E-state index contributed by atoms with van der Waals surface area (Å²) in [6.07, 6.45) is 0. The van der Waals surface area contributed by atoms with E-state index in [1.807, 2.05) is 0 Å². The Hall–Kier alpha value is -2.12. The fourth-order valence-corrected chi connectivity index (χ4v) is 2.12. The topological polar surface area (TPSA) is 66.3 Å². The summed E-state index contributed by atoms with van der Waals surface area (Å²) in [5.74, 6) is 0.256. The predicted molar refractivity (Wildman–Crippen MR) is 86.4 cm³/mol. The van der Waals surface area contributed by atoms with Crippen molar-refractivity contribution >= 4 is 40.5 Å². The first kappa shape index (κ1) is 16.3. The molecule has 0 bridgehead atoms. The second-order valence-corrected chi connectivity index (χ2v) is 5.30. The summed E-state index contributed by atoms with van der Waals surface area (Å²) in [6, 6.07) is 5.70. The SMILES string of the molecule is Cc1cc(C(=O)NNC(=S)Nc2ccc(F)c(Cl)c2)c(C)o1. The Kier molecular flexibility index (Phi) is 4.99. The fraction of sp³-hybridized carbons (Fsp3) is 0.143. The Labute approximate surface area is 136 Å². The Bertz CT molecular complexity index is 733. The number of hydrogen-bond acceptors (Lipinski definition) is 3. The predicted octanol–water partition coefficient (Wildman–Crippen LogP) is 3.32. The molecule has 0 unspecified atom stereocenters. The first-order valence-electron chi connectivity index (χ1n) is 6.26. The van der Waals surface area contributed by atoms with Crippen LogP contribution in [0.2, 0.25) is 5.02 Å². The minimum atomic E-state index is -0.523. The molecule has 5 nitrogen and oxygen atoms in total. The Morgan fingerprint density at radius 3 is 2.59 bits per heavy atom. The molecule has 22 heavy (non-hydrogen) atoms. The number of aryl methyl sites for hydroxylation is 2. The number of nitrogens with one attached hydrogen (secondary N) is 3. The van der Waals surface area contributed by atoms with Gasteiger partial charge in [-0.15, -0.1) is 0 Å².